The number of allylic oxidation sites excluding steroid dienone is 4. The van der Waals surface area contributed by atoms with E-state index >= 15 is 0 Å². The molecule has 0 aromatic heterocycles. The van der Waals surface area contributed by atoms with Crippen molar-refractivity contribution in [1.82, 2.24) is 0 Å². The minimum absolute atomic E-state index is 2.19. The van der Waals surface area contributed by atoms with Gasteiger partial charge in [-0.05, 0) is 0 Å². The third-order valence-corrected chi connectivity index (χ3v) is 1.80. The van der Waals surface area contributed by atoms with Crippen LogP contribution in [0, 0.1) is 0 Å². The average Bonchev–Trinajstić information content (AvgIpc) is 2.28. The summed E-state index contributed by atoms with van der Waals surface area (Å²) in [6, 6.07) is 0. The summed E-state index contributed by atoms with van der Waals surface area (Å²) in [5.41, 5.74) is 0. The van der Waals surface area contributed by atoms with Crippen LogP contribution in [0.25, 0.3) is 0 Å². The first kappa shape index (κ1) is 14.5. The van der Waals surface area contributed by atoms with Gasteiger partial charge in [-0.25, -0.2) is 22.4 Å². The van der Waals surface area contributed by atoms with Crippen LogP contribution in [0.1, 0.15) is 0 Å². The van der Waals surface area contributed by atoms with Crippen LogP contribution in [0.5, 0.6) is 0 Å². The van der Waals surface area contributed by atoms with Crippen molar-refractivity contribution in [2.24, 2.45) is 0 Å². The molecule has 0 saturated carbocycles. The molecule has 0 aromatic rings. The fourth-order valence-electron chi connectivity index (χ4n) is 0.975. The predicted molar refractivity (Wildman–Crippen MR) is 39.3 cm³/mol. The second-order valence-corrected chi connectivity index (χ2v) is 3.03. The normalized spacial score (nSPS) is 25.6. The molecule has 1 rings (SSSR count). The van der Waals surface area contributed by atoms with Crippen molar-refractivity contribution in [3.8, 4) is 0 Å². The highest BCUT2D eigenvalue weighted by Gasteiger charge is 2.47. The molecule has 0 aromatic carbocycles. The molecule has 18 heavy (non-hydrogen) atoms. The Morgan fingerprint density at radius 1 is 1.00 bits per heavy atom. The van der Waals surface area contributed by atoms with Gasteiger partial charge >= 0.3 is 12.1 Å². The van der Waals surface area contributed by atoms with Gasteiger partial charge in [0.05, 0.1) is 0 Å². The Balaban J connectivity index is 3.11. The molecule has 0 heterocycles. The van der Waals surface area contributed by atoms with E-state index in [9.17, 15) is 39.9 Å². The first-order valence-electron chi connectivity index (χ1n) is 4.09. The number of hydrogen-bond acceptors (Lipinski definition) is 2. The van der Waals surface area contributed by atoms with E-state index in [0.29, 0.717) is 0 Å². The van der Waals surface area contributed by atoms with Gasteiger partial charge in [0.15, 0.2) is 29.8 Å². The van der Waals surface area contributed by atoms with E-state index in [2.05, 4.69) is 4.74 Å². The Morgan fingerprint density at radius 2 is 1.50 bits per heavy atom. The maximum atomic E-state index is 12.9. The molecule has 102 valence electrons. The number of halogens is 8. The van der Waals surface area contributed by atoms with Crippen molar-refractivity contribution in [3.63, 3.8) is 0 Å². The minimum Gasteiger partial charge on any atom is -0.418 e. The molecule has 0 amide bonds. The third kappa shape index (κ3) is 2.46. The molecule has 0 spiro atoms. The van der Waals surface area contributed by atoms with E-state index in [1.54, 1.807) is 0 Å². The van der Waals surface area contributed by atoms with Crippen LogP contribution in [0.15, 0.2) is 23.2 Å². The molecule has 0 bridgehead atoms. The molecule has 1 aliphatic carbocycles. The van der Waals surface area contributed by atoms with Crippen molar-refractivity contribution in [2.75, 3.05) is 0 Å². The Bertz CT molecular complexity index is 435. The first-order chi connectivity index (χ1) is 8.07. The Morgan fingerprint density at radius 3 is 1.94 bits per heavy atom. The smallest absolute Gasteiger partial charge is 0.418 e. The molecular formula is C8H2F8O2. The summed E-state index contributed by atoms with van der Waals surface area (Å²) in [4.78, 5) is 10.2. The fraction of sp³-hybridized carbons (Fsp3) is 0.375. The first-order valence-corrected chi connectivity index (χ1v) is 4.09. The van der Waals surface area contributed by atoms with Crippen molar-refractivity contribution in [1.29, 1.82) is 0 Å². The molecular weight excluding hydrogens is 280 g/mol. The van der Waals surface area contributed by atoms with E-state index < -0.39 is 47.7 Å². The van der Waals surface area contributed by atoms with Gasteiger partial charge in [-0.2, -0.15) is 17.6 Å². The lowest BCUT2D eigenvalue weighted by molar-refractivity contribution is -0.197. The van der Waals surface area contributed by atoms with Crippen molar-refractivity contribution < 1.29 is 44.7 Å². The number of rotatable bonds is 1. The number of ether oxygens (including phenoxy) is 1. The standard InChI is InChI=1S/C8H2F8O2/c9-1-2(10)4(12)6(5(13)3(1)11)18-7(17)8(14,15)16/h2,4H. The summed E-state index contributed by atoms with van der Waals surface area (Å²) in [5.74, 6) is -12.8. The summed E-state index contributed by atoms with van der Waals surface area (Å²) >= 11 is 0. The third-order valence-electron chi connectivity index (χ3n) is 1.80. The topological polar surface area (TPSA) is 26.3 Å². The maximum Gasteiger partial charge on any atom is 0.491 e. The lowest BCUT2D eigenvalue weighted by Crippen LogP contribution is -2.32. The Labute approximate surface area is 93.5 Å². The molecule has 0 radical (unpaired) electrons. The summed E-state index contributed by atoms with van der Waals surface area (Å²) in [6.45, 7) is 0. The van der Waals surface area contributed by atoms with Crippen LogP contribution in [0.2, 0.25) is 0 Å². The lowest BCUT2D eigenvalue weighted by atomic mass is 10.1. The van der Waals surface area contributed by atoms with Crippen LogP contribution >= 0.6 is 0 Å². The number of alkyl halides is 5. The summed E-state index contributed by atoms with van der Waals surface area (Å²) in [5, 5.41) is 0. The molecule has 0 aliphatic heterocycles. The zero-order valence-electron chi connectivity index (χ0n) is 7.99. The van der Waals surface area contributed by atoms with Gasteiger partial charge in [-0.1, -0.05) is 0 Å². The van der Waals surface area contributed by atoms with Crippen molar-refractivity contribution in [3.05, 3.63) is 23.2 Å². The van der Waals surface area contributed by atoms with Gasteiger partial charge in [-0.3, -0.25) is 0 Å². The van der Waals surface area contributed by atoms with Gasteiger partial charge in [0.2, 0.25) is 5.83 Å². The van der Waals surface area contributed by atoms with Gasteiger partial charge in [0, 0.05) is 0 Å². The highest BCUT2D eigenvalue weighted by molar-refractivity contribution is 5.77. The Hall–Kier alpha value is -1.61. The van der Waals surface area contributed by atoms with E-state index in [-0.39, 0.29) is 0 Å². The van der Waals surface area contributed by atoms with Crippen molar-refractivity contribution in [2.45, 2.75) is 18.5 Å². The van der Waals surface area contributed by atoms with Crippen LogP contribution in [0.4, 0.5) is 35.1 Å². The van der Waals surface area contributed by atoms with E-state index in [0.717, 1.165) is 0 Å². The highest BCUT2D eigenvalue weighted by Crippen LogP contribution is 2.38. The summed E-state index contributed by atoms with van der Waals surface area (Å²) < 4.78 is 102. The molecule has 0 saturated heterocycles. The number of hydrogen-bond donors (Lipinski definition) is 0. The molecule has 2 nitrogen and oxygen atoms in total. The number of esters is 1. The SMILES string of the molecule is O=C(OC1=C(F)C(F)=C(F)C(F)C1F)C(F)(F)F. The van der Waals surface area contributed by atoms with Crippen molar-refractivity contribution >= 4 is 5.97 Å². The number of carbonyl (C=O) groups is 1. The zero-order chi connectivity index (χ0) is 14.2. The second kappa shape index (κ2) is 4.58. The van der Waals surface area contributed by atoms with Crippen LogP contribution in [0.3, 0.4) is 0 Å². The zero-order valence-corrected chi connectivity index (χ0v) is 7.99. The van der Waals surface area contributed by atoms with E-state index in [4.69, 9.17) is 0 Å². The molecule has 10 heteroatoms. The van der Waals surface area contributed by atoms with Gasteiger partial charge in [0.1, 0.15) is 0 Å². The van der Waals surface area contributed by atoms with E-state index in [1.807, 2.05) is 0 Å². The second-order valence-electron chi connectivity index (χ2n) is 3.03. The lowest BCUT2D eigenvalue weighted by Gasteiger charge is -2.20. The molecule has 2 atom stereocenters. The molecule has 2 unspecified atom stereocenters. The predicted octanol–water partition coefficient (Wildman–Crippen LogP) is 3.11. The van der Waals surface area contributed by atoms with Gasteiger partial charge < -0.3 is 4.74 Å². The highest BCUT2D eigenvalue weighted by atomic mass is 19.4. The molecule has 0 N–H and O–H groups in total. The van der Waals surface area contributed by atoms with Gasteiger partial charge in [0.25, 0.3) is 0 Å². The van der Waals surface area contributed by atoms with Gasteiger partial charge in [-0.15, -0.1) is 0 Å². The van der Waals surface area contributed by atoms with E-state index in [1.165, 1.54) is 0 Å². The molecule has 0 fully saturated rings. The quantitative estimate of drug-likeness (QED) is 0.545. The van der Waals surface area contributed by atoms with Crippen LogP contribution in [-0.4, -0.2) is 24.5 Å². The fourth-order valence-corrected chi connectivity index (χ4v) is 0.975. The Kier molecular flexibility index (Phi) is 3.67. The average molecular weight is 282 g/mol. The maximum absolute atomic E-state index is 12.9. The van der Waals surface area contributed by atoms with Crippen LogP contribution in [-0.2, 0) is 9.53 Å². The minimum atomic E-state index is -5.63. The largest absolute Gasteiger partial charge is 0.491 e. The van der Waals surface area contributed by atoms with Crippen LogP contribution < -0.4 is 0 Å². The monoisotopic (exact) mass is 282 g/mol. The number of carbonyl (C=O) groups excluding carboxylic acids is 1. The molecule has 1 aliphatic rings. The summed E-state index contributed by atoms with van der Waals surface area (Å²) in [7, 11) is 0. The summed E-state index contributed by atoms with van der Waals surface area (Å²) in [6.07, 6.45) is -12.4.